The van der Waals surface area contributed by atoms with Crippen LogP contribution in [0.1, 0.15) is 25.7 Å². The van der Waals surface area contributed by atoms with Gasteiger partial charge in [0.2, 0.25) is 0 Å². The van der Waals surface area contributed by atoms with E-state index >= 15 is 0 Å². The van der Waals surface area contributed by atoms with E-state index in [4.69, 9.17) is 0 Å². The van der Waals surface area contributed by atoms with Gasteiger partial charge in [-0.25, -0.2) is 0 Å². The van der Waals surface area contributed by atoms with Gasteiger partial charge in [-0.2, -0.15) is 0 Å². The topological polar surface area (TPSA) is 3.24 Å². The smallest absolute Gasteiger partial charge is 0.0293 e. The van der Waals surface area contributed by atoms with Crippen molar-refractivity contribution in [1.82, 2.24) is 4.90 Å². The first-order chi connectivity index (χ1) is 5.70. The van der Waals surface area contributed by atoms with E-state index in [-0.39, 0.29) is 0 Å². The highest BCUT2D eigenvalue weighted by atomic mass is 79.9. The van der Waals surface area contributed by atoms with Crippen molar-refractivity contribution < 1.29 is 0 Å². The van der Waals surface area contributed by atoms with Crippen molar-refractivity contribution >= 4 is 15.9 Å². The van der Waals surface area contributed by atoms with Gasteiger partial charge in [0.1, 0.15) is 0 Å². The number of halogens is 1. The van der Waals surface area contributed by atoms with Crippen LogP contribution in [-0.4, -0.2) is 24.5 Å². The minimum Gasteiger partial charge on any atom is -0.299 e. The number of rotatable bonds is 2. The van der Waals surface area contributed by atoms with Gasteiger partial charge in [-0.15, -0.1) is 0 Å². The van der Waals surface area contributed by atoms with E-state index in [1.165, 1.54) is 38.8 Å². The van der Waals surface area contributed by atoms with E-state index in [0.29, 0.717) is 0 Å². The molecule has 2 rings (SSSR count). The van der Waals surface area contributed by atoms with Crippen molar-refractivity contribution in [2.24, 2.45) is 5.41 Å². The van der Waals surface area contributed by atoms with E-state index in [0.717, 1.165) is 16.4 Å². The third kappa shape index (κ3) is 1.91. The molecule has 1 heterocycles. The predicted molar refractivity (Wildman–Crippen MR) is 55.4 cm³/mol. The van der Waals surface area contributed by atoms with Crippen LogP contribution in [0, 0.1) is 5.41 Å². The summed E-state index contributed by atoms with van der Waals surface area (Å²) in [5.74, 6) is 0. The standard InChI is InChI=1S/C10H16BrN/c1-9(11)8-12-6-4-10(2-3-10)5-7-12/h1-8H2. The predicted octanol–water partition coefficient (Wildman–Crippen LogP) is 2.77. The lowest BCUT2D eigenvalue weighted by atomic mass is 9.94. The van der Waals surface area contributed by atoms with Gasteiger partial charge in [-0.1, -0.05) is 22.5 Å². The van der Waals surface area contributed by atoms with Gasteiger partial charge in [0.05, 0.1) is 0 Å². The van der Waals surface area contributed by atoms with Crippen LogP contribution in [-0.2, 0) is 0 Å². The molecule has 0 unspecified atom stereocenters. The molecule has 1 saturated heterocycles. The quantitative estimate of drug-likeness (QED) is 0.705. The van der Waals surface area contributed by atoms with Crippen molar-refractivity contribution in [1.29, 1.82) is 0 Å². The van der Waals surface area contributed by atoms with Crippen molar-refractivity contribution in [2.45, 2.75) is 25.7 Å². The number of likely N-dealkylation sites (tertiary alicyclic amines) is 1. The van der Waals surface area contributed by atoms with Gasteiger partial charge in [-0.05, 0) is 44.2 Å². The molecule has 1 aliphatic heterocycles. The number of nitrogens with zero attached hydrogens (tertiary/aromatic N) is 1. The van der Waals surface area contributed by atoms with Crippen LogP contribution >= 0.6 is 15.9 Å². The Bertz CT molecular complexity index is 186. The highest BCUT2D eigenvalue weighted by Gasteiger charge is 2.44. The summed E-state index contributed by atoms with van der Waals surface area (Å²) in [5, 5.41) is 0. The number of piperidine rings is 1. The molecule has 0 radical (unpaired) electrons. The Kier molecular flexibility index (Phi) is 2.30. The van der Waals surface area contributed by atoms with Crippen LogP contribution < -0.4 is 0 Å². The zero-order valence-electron chi connectivity index (χ0n) is 7.48. The lowest BCUT2D eigenvalue weighted by Crippen LogP contribution is -2.35. The Hall–Kier alpha value is 0.180. The molecule has 1 saturated carbocycles. The maximum absolute atomic E-state index is 3.88. The lowest BCUT2D eigenvalue weighted by molar-refractivity contribution is 0.187. The Morgan fingerprint density at radius 1 is 1.25 bits per heavy atom. The van der Waals surface area contributed by atoms with Crippen molar-refractivity contribution in [3.63, 3.8) is 0 Å². The average Bonchev–Trinajstić information content (AvgIpc) is 2.75. The Morgan fingerprint density at radius 2 is 1.83 bits per heavy atom. The van der Waals surface area contributed by atoms with E-state index in [9.17, 15) is 0 Å². The molecule has 0 bridgehead atoms. The molecule has 1 nitrogen and oxygen atoms in total. The first kappa shape index (κ1) is 8.76. The van der Waals surface area contributed by atoms with Gasteiger partial charge < -0.3 is 0 Å². The highest BCUT2D eigenvalue weighted by molar-refractivity contribution is 9.11. The summed E-state index contributed by atoms with van der Waals surface area (Å²) >= 11 is 3.42. The first-order valence-electron chi connectivity index (χ1n) is 4.76. The van der Waals surface area contributed by atoms with Gasteiger partial charge in [0.25, 0.3) is 0 Å². The van der Waals surface area contributed by atoms with E-state index in [2.05, 4.69) is 27.4 Å². The molecule has 2 heteroatoms. The molecule has 0 aromatic heterocycles. The Balaban J connectivity index is 1.78. The minimum absolute atomic E-state index is 0.810. The summed E-state index contributed by atoms with van der Waals surface area (Å²) in [4.78, 5) is 2.50. The van der Waals surface area contributed by atoms with E-state index in [1.54, 1.807) is 0 Å². The molecule has 0 aromatic rings. The van der Waals surface area contributed by atoms with Crippen LogP contribution in [0.4, 0.5) is 0 Å². The van der Waals surface area contributed by atoms with Crippen LogP contribution in [0.5, 0.6) is 0 Å². The van der Waals surface area contributed by atoms with Gasteiger partial charge in [0.15, 0.2) is 0 Å². The summed E-state index contributed by atoms with van der Waals surface area (Å²) in [6, 6.07) is 0. The summed E-state index contributed by atoms with van der Waals surface area (Å²) in [6.07, 6.45) is 5.84. The fourth-order valence-electron chi connectivity index (χ4n) is 2.10. The minimum atomic E-state index is 0.810. The van der Waals surface area contributed by atoms with Crippen molar-refractivity contribution in [3.8, 4) is 0 Å². The zero-order chi connectivity index (χ0) is 8.60. The molecule has 1 aliphatic carbocycles. The van der Waals surface area contributed by atoms with Crippen LogP contribution in [0.2, 0.25) is 0 Å². The molecule has 68 valence electrons. The summed E-state index contributed by atoms with van der Waals surface area (Å²) in [6.45, 7) is 7.48. The molecular formula is C10H16BrN. The summed E-state index contributed by atoms with van der Waals surface area (Å²) in [7, 11) is 0. The molecular weight excluding hydrogens is 214 g/mol. The average molecular weight is 230 g/mol. The second-order valence-corrected chi connectivity index (χ2v) is 5.41. The molecule has 2 fully saturated rings. The third-order valence-electron chi connectivity index (χ3n) is 3.27. The second-order valence-electron chi connectivity index (χ2n) is 4.29. The van der Waals surface area contributed by atoms with E-state index < -0.39 is 0 Å². The normalized spacial score (nSPS) is 27.4. The van der Waals surface area contributed by atoms with Crippen LogP contribution in [0.3, 0.4) is 0 Å². The summed E-state index contributed by atoms with van der Waals surface area (Å²) < 4.78 is 1.12. The molecule has 0 aromatic carbocycles. The maximum Gasteiger partial charge on any atom is 0.0293 e. The van der Waals surface area contributed by atoms with E-state index in [1.807, 2.05) is 0 Å². The van der Waals surface area contributed by atoms with Gasteiger partial charge in [0, 0.05) is 11.0 Å². The van der Waals surface area contributed by atoms with Gasteiger partial charge in [-0.3, -0.25) is 4.90 Å². The Labute approximate surface area is 82.9 Å². The van der Waals surface area contributed by atoms with Crippen LogP contribution in [0.15, 0.2) is 11.1 Å². The molecule has 2 aliphatic rings. The third-order valence-corrected chi connectivity index (χ3v) is 3.52. The number of hydrogen-bond donors (Lipinski definition) is 0. The highest BCUT2D eigenvalue weighted by Crippen LogP contribution is 2.53. The molecule has 0 atom stereocenters. The van der Waals surface area contributed by atoms with Crippen molar-refractivity contribution in [3.05, 3.63) is 11.1 Å². The Morgan fingerprint density at radius 3 is 2.25 bits per heavy atom. The number of hydrogen-bond acceptors (Lipinski definition) is 1. The lowest BCUT2D eigenvalue weighted by Gasteiger charge is -2.31. The maximum atomic E-state index is 3.88. The molecule has 0 N–H and O–H groups in total. The summed E-state index contributed by atoms with van der Waals surface area (Å²) in [5.41, 5.74) is 0.810. The van der Waals surface area contributed by atoms with Gasteiger partial charge >= 0.3 is 0 Å². The second kappa shape index (κ2) is 3.15. The van der Waals surface area contributed by atoms with Crippen molar-refractivity contribution in [2.75, 3.05) is 19.6 Å². The SMILES string of the molecule is C=C(Br)CN1CCC2(CC1)CC2. The molecule has 12 heavy (non-hydrogen) atoms. The van der Waals surface area contributed by atoms with Crippen LogP contribution in [0.25, 0.3) is 0 Å². The molecule has 1 spiro atoms. The fraction of sp³-hybridized carbons (Fsp3) is 0.800. The monoisotopic (exact) mass is 229 g/mol. The molecule has 0 amide bonds. The zero-order valence-corrected chi connectivity index (χ0v) is 9.07. The largest absolute Gasteiger partial charge is 0.299 e. The fourth-order valence-corrected chi connectivity index (χ4v) is 2.46. The first-order valence-corrected chi connectivity index (χ1v) is 5.55.